The first kappa shape index (κ1) is 13.9. The number of benzene rings is 2. The number of fused-ring (bicyclic) bond motifs is 3. The molecule has 5 heteroatoms. The smallest absolute Gasteiger partial charge is 0.207 e. The van der Waals surface area contributed by atoms with Gasteiger partial charge in [-0.2, -0.15) is 0 Å². The van der Waals surface area contributed by atoms with Crippen LogP contribution >= 0.6 is 0 Å². The Hall–Kier alpha value is -2.01. The van der Waals surface area contributed by atoms with Crippen molar-refractivity contribution in [3.63, 3.8) is 0 Å². The summed E-state index contributed by atoms with van der Waals surface area (Å²) in [5.74, 6) is 0. The van der Waals surface area contributed by atoms with E-state index >= 15 is 0 Å². The van der Waals surface area contributed by atoms with E-state index in [4.69, 9.17) is 11.5 Å². The summed E-state index contributed by atoms with van der Waals surface area (Å²) in [7, 11) is -3.52. The lowest BCUT2D eigenvalue weighted by atomic mass is 9.98. The molecule has 0 aromatic heterocycles. The van der Waals surface area contributed by atoms with Gasteiger partial charge < -0.3 is 11.5 Å². The zero-order valence-electron chi connectivity index (χ0n) is 12.1. The molecule has 1 heterocycles. The zero-order chi connectivity index (χ0) is 15.4. The maximum absolute atomic E-state index is 12.7. The van der Waals surface area contributed by atoms with E-state index in [1.807, 2.05) is 26.0 Å². The van der Waals surface area contributed by atoms with Gasteiger partial charge in [0, 0.05) is 22.5 Å². The van der Waals surface area contributed by atoms with Crippen LogP contribution in [0, 0.1) is 0 Å². The van der Waals surface area contributed by atoms with E-state index in [2.05, 4.69) is 0 Å². The summed E-state index contributed by atoms with van der Waals surface area (Å²) in [6, 6.07) is 6.93. The van der Waals surface area contributed by atoms with Crippen molar-refractivity contribution in [3.05, 3.63) is 35.4 Å². The number of aryl methyl sites for hydroxylation is 2. The van der Waals surface area contributed by atoms with Crippen LogP contribution in [0.15, 0.2) is 34.1 Å². The van der Waals surface area contributed by atoms with Crippen molar-refractivity contribution in [3.8, 4) is 11.1 Å². The highest BCUT2D eigenvalue weighted by Crippen LogP contribution is 2.46. The molecule has 3 rings (SSSR count). The molecule has 4 nitrogen and oxygen atoms in total. The molecule has 0 fully saturated rings. The second kappa shape index (κ2) is 4.49. The second-order valence-corrected chi connectivity index (χ2v) is 7.19. The van der Waals surface area contributed by atoms with Gasteiger partial charge in [0.2, 0.25) is 9.84 Å². The first-order chi connectivity index (χ1) is 9.90. The molecule has 0 spiro atoms. The monoisotopic (exact) mass is 302 g/mol. The standard InChI is InChI=1S/C16H18N2O2S/c1-3-9-5-11-12-6-10(4-2)14(18)8-16(12)21(19,20)15(11)7-13(9)17/h5-8H,3-4,17-18H2,1-2H3. The molecule has 0 unspecified atom stereocenters. The van der Waals surface area contributed by atoms with Crippen molar-refractivity contribution >= 4 is 21.2 Å². The summed E-state index contributed by atoms with van der Waals surface area (Å²) in [6.07, 6.45) is 1.54. The van der Waals surface area contributed by atoms with Crippen LogP contribution in [0.4, 0.5) is 11.4 Å². The van der Waals surface area contributed by atoms with Gasteiger partial charge in [0.05, 0.1) is 9.79 Å². The Morgan fingerprint density at radius 1 is 0.810 bits per heavy atom. The third-order valence-corrected chi connectivity index (χ3v) is 5.95. The predicted molar refractivity (Wildman–Crippen MR) is 84.9 cm³/mol. The van der Waals surface area contributed by atoms with E-state index in [0.717, 1.165) is 35.1 Å². The largest absolute Gasteiger partial charge is 0.398 e. The quantitative estimate of drug-likeness (QED) is 0.713. The third-order valence-electron chi connectivity index (χ3n) is 4.11. The minimum atomic E-state index is -3.52. The fourth-order valence-corrected chi connectivity index (χ4v) is 4.60. The van der Waals surface area contributed by atoms with Gasteiger partial charge in [-0.3, -0.25) is 0 Å². The topological polar surface area (TPSA) is 86.2 Å². The fraction of sp³-hybridized carbons (Fsp3) is 0.250. The van der Waals surface area contributed by atoms with Crippen molar-refractivity contribution in [1.82, 2.24) is 0 Å². The summed E-state index contributed by atoms with van der Waals surface area (Å²) < 4.78 is 25.3. The average Bonchev–Trinajstić information content (AvgIpc) is 2.65. The van der Waals surface area contributed by atoms with Crippen molar-refractivity contribution in [2.75, 3.05) is 11.5 Å². The summed E-state index contributed by atoms with van der Waals surface area (Å²) in [5, 5.41) is 0. The molecule has 2 aromatic carbocycles. The van der Waals surface area contributed by atoms with Gasteiger partial charge in [0.25, 0.3) is 0 Å². The molecule has 0 bridgehead atoms. The molecule has 0 atom stereocenters. The van der Waals surface area contributed by atoms with Gasteiger partial charge in [-0.15, -0.1) is 0 Å². The van der Waals surface area contributed by atoms with Crippen LogP contribution in [-0.2, 0) is 22.7 Å². The van der Waals surface area contributed by atoms with Crippen LogP contribution in [-0.4, -0.2) is 8.42 Å². The van der Waals surface area contributed by atoms with Crippen molar-refractivity contribution in [1.29, 1.82) is 0 Å². The highest BCUT2D eigenvalue weighted by Gasteiger charge is 2.34. The summed E-state index contributed by atoms with van der Waals surface area (Å²) in [5.41, 5.74) is 16.4. The SMILES string of the molecule is CCc1cc2c(cc1N)S(=O)(=O)c1cc(N)c(CC)cc1-2. The lowest BCUT2D eigenvalue weighted by Gasteiger charge is -2.08. The molecule has 0 radical (unpaired) electrons. The Balaban J connectivity index is 2.40. The molecule has 4 N–H and O–H groups in total. The van der Waals surface area contributed by atoms with E-state index in [-0.39, 0.29) is 0 Å². The van der Waals surface area contributed by atoms with E-state index in [0.29, 0.717) is 21.2 Å². The molecular weight excluding hydrogens is 284 g/mol. The molecule has 0 aliphatic carbocycles. The van der Waals surface area contributed by atoms with Crippen LogP contribution < -0.4 is 11.5 Å². The van der Waals surface area contributed by atoms with Crippen LogP contribution in [0.25, 0.3) is 11.1 Å². The number of sulfone groups is 1. The minimum Gasteiger partial charge on any atom is -0.398 e. The first-order valence-corrected chi connectivity index (χ1v) is 8.48. The Morgan fingerprint density at radius 2 is 1.19 bits per heavy atom. The number of anilines is 2. The van der Waals surface area contributed by atoms with Gasteiger partial charge in [-0.25, -0.2) is 8.42 Å². The van der Waals surface area contributed by atoms with Crippen LogP contribution in [0.5, 0.6) is 0 Å². The molecule has 1 aliphatic rings. The minimum absolute atomic E-state index is 0.292. The molecule has 2 aromatic rings. The van der Waals surface area contributed by atoms with E-state index in [1.54, 1.807) is 12.1 Å². The molecule has 110 valence electrons. The van der Waals surface area contributed by atoms with Crippen LogP contribution in [0.1, 0.15) is 25.0 Å². The molecule has 0 saturated heterocycles. The van der Waals surface area contributed by atoms with Gasteiger partial charge in [-0.1, -0.05) is 13.8 Å². The highest BCUT2D eigenvalue weighted by molar-refractivity contribution is 7.92. The van der Waals surface area contributed by atoms with Crippen molar-refractivity contribution < 1.29 is 8.42 Å². The summed E-state index contributed by atoms with van der Waals surface area (Å²) in [4.78, 5) is 0.583. The maximum Gasteiger partial charge on any atom is 0.207 e. The first-order valence-electron chi connectivity index (χ1n) is 7.00. The third kappa shape index (κ3) is 1.84. The molecule has 1 aliphatic heterocycles. The zero-order valence-corrected chi connectivity index (χ0v) is 12.9. The number of hydrogen-bond donors (Lipinski definition) is 2. The Morgan fingerprint density at radius 3 is 1.52 bits per heavy atom. The fourth-order valence-electron chi connectivity index (χ4n) is 2.88. The summed E-state index contributed by atoms with van der Waals surface area (Å²) >= 11 is 0. The average molecular weight is 302 g/mol. The number of nitrogen functional groups attached to an aromatic ring is 2. The molecule has 0 saturated carbocycles. The van der Waals surface area contributed by atoms with Gasteiger partial charge >= 0.3 is 0 Å². The van der Waals surface area contributed by atoms with Gasteiger partial charge in [0.1, 0.15) is 0 Å². The van der Waals surface area contributed by atoms with Crippen LogP contribution in [0.3, 0.4) is 0 Å². The molecule has 0 amide bonds. The number of nitrogens with two attached hydrogens (primary N) is 2. The van der Waals surface area contributed by atoms with Gasteiger partial charge in [-0.05, 0) is 48.2 Å². The Labute approximate surface area is 124 Å². The Bertz CT molecular complexity index is 790. The lowest BCUT2D eigenvalue weighted by molar-refractivity contribution is 0.598. The second-order valence-electron chi connectivity index (χ2n) is 5.30. The number of hydrogen-bond acceptors (Lipinski definition) is 4. The molecule has 21 heavy (non-hydrogen) atoms. The van der Waals surface area contributed by atoms with E-state index in [9.17, 15) is 8.42 Å². The van der Waals surface area contributed by atoms with Crippen LogP contribution in [0.2, 0.25) is 0 Å². The Kier molecular flexibility index (Phi) is 2.99. The molecular formula is C16H18N2O2S. The normalized spacial score (nSPS) is 14.8. The van der Waals surface area contributed by atoms with E-state index in [1.165, 1.54) is 0 Å². The maximum atomic E-state index is 12.7. The predicted octanol–water partition coefficient (Wildman–Crippen LogP) is 2.79. The summed E-state index contributed by atoms with van der Waals surface area (Å²) in [6.45, 7) is 4.01. The highest BCUT2D eigenvalue weighted by atomic mass is 32.2. The number of rotatable bonds is 2. The van der Waals surface area contributed by atoms with Crippen molar-refractivity contribution in [2.24, 2.45) is 0 Å². The van der Waals surface area contributed by atoms with Crippen molar-refractivity contribution in [2.45, 2.75) is 36.5 Å². The lowest BCUT2D eigenvalue weighted by Crippen LogP contribution is -2.01. The van der Waals surface area contributed by atoms with E-state index < -0.39 is 9.84 Å². The van der Waals surface area contributed by atoms with Gasteiger partial charge in [0.15, 0.2) is 0 Å².